The van der Waals surface area contributed by atoms with Crippen molar-refractivity contribution in [3.05, 3.63) is 71.3 Å². The summed E-state index contributed by atoms with van der Waals surface area (Å²) in [6.07, 6.45) is 5.11. The molecule has 2 saturated heterocycles. The molecule has 2 aromatic carbocycles. The SMILES string of the molecule is CC1=CC[C@H]2C(=O)N(c3ccccc3C(=O)Nc3cccc(C(=O)N4CCC(C)CC4)c3)C(=O)[C@@H]2C1. The third-order valence-corrected chi connectivity index (χ3v) is 7.65. The van der Waals surface area contributed by atoms with Gasteiger partial charge in [0.15, 0.2) is 0 Å². The molecular formula is C29H31N3O4. The average molecular weight is 486 g/mol. The zero-order valence-electron chi connectivity index (χ0n) is 20.7. The number of amides is 4. The number of piperidine rings is 1. The molecule has 2 fully saturated rings. The molecule has 0 spiro atoms. The molecule has 5 rings (SSSR count). The van der Waals surface area contributed by atoms with Crippen molar-refractivity contribution >= 4 is 35.0 Å². The Hall–Kier alpha value is -3.74. The highest BCUT2D eigenvalue weighted by Gasteiger charge is 2.49. The van der Waals surface area contributed by atoms with E-state index in [9.17, 15) is 19.2 Å². The number of allylic oxidation sites excluding steroid dienone is 2. The van der Waals surface area contributed by atoms with Crippen LogP contribution in [0.25, 0.3) is 0 Å². The summed E-state index contributed by atoms with van der Waals surface area (Å²) in [6, 6.07) is 13.6. The fraction of sp³-hybridized carbons (Fsp3) is 0.379. The maximum Gasteiger partial charge on any atom is 0.257 e. The minimum Gasteiger partial charge on any atom is -0.339 e. The lowest BCUT2D eigenvalue weighted by Crippen LogP contribution is -2.37. The monoisotopic (exact) mass is 485 g/mol. The zero-order chi connectivity index (χ0) is 25.4. The topological polar surface area (TPSA) is 86.8 Å². The fourth-order valence-corrected chi connectivity index (χ4v) is 5.46. The van der Waals surface area contributed by atoms with Crippen molar-refractivity contribution in [1.82, 2.24) is 4.90 Å². The lowest BCUT2D eigenvalue weighted by Gasteiger charge is -2.30. The van der Waals surface area contributed by atoms with E-state index in [2.05, 4.69) is 12.2 Å². The highest BCUT2D eigenvalue weighted by atomic mass is 16.2. The van der Waals surface area contributed by atoms with Crippen molar-refractivity contribution < 1.29 is 19.2 Å². The first kappa shape index (κ1) is 24.0. The molecule has 2 aliphatic heterocycles. The molecular weight excluding hydrogens is 454 g/mol. The quantitative estimate of drug-likeness (QED) is 0.504. The van der Waals surface area contributed by atoms with Crippen LogP contribution in [0.15, 0.2) is 60.2 Å². The number of carbonyl (C=O) groups excluding carboxylic acids is 4. The van der Waals surface area contributed by atoms with Crippen LogP contribution in [-0.4, -0.2) is 41.6 Å². The van der Waals surface area contributed by atoms with Gasteiger partial charge in [0.05, 0.1) is 23.1 Å². The largest absolute Gasteiger partial charge is 0.339 e. The first-order valence-electron chi connectivity index (χ1n) is 12.7. The number of likely N-dealkylation sites (tertiary alicyclic amines) is 1. The van der Waals surface area contributed by atoms with Gasteiger partial charge < -0.3 is 10.2 Å². The van der Waals surface area contributed by atoms with Crippen LogP contribution in [0.5, 0.6) is 0 Å². The van der Waals surface area contributed by atoms with Crippen LogP contribution in [0.4, 0.5) is 11.4 Å². The number of anilines is 2. The number of nitrogens with one attached hydrogen (secondary N) is 1. The lowest BCUT2D eigenvalue weighted by molar-refractivity contribution is -0.122. The van der Waals surface area contributed by atoms with Crippen LogP contribution < -0.4 is 10.2 Å². The molecule has 1 aliphatic carbocycles. The second-order valence-electron chi connectivity index (χ2n) is 10.2. The summed E-state index contributed by atoms with van der Waals surface area (Å²) in [7, 11) is 0. The number of nitrogens with zero attached hydrogens (tertiary/aromatic N) is 2. The van der Waals surface area contributed by atoms with E-state index in [0.717, 1.165) is 31.5 Å². The van der Waals surface area contributed by atoms with Crippen LogP contribution in [0, 0.1) is 17.8 Å². The maximum absolute atomic E-state index is 13.3. The van der Waals surface area contributed by atoms with Crippen LogP contribution in [0.1, 0.15) is 60.2 Å². The van der Waals surface area contributed by atoms with Crippen LogP contribution in [0.2, 0.25) is 0 Å². The number of carbonyl (C=O) groups is 4. The molecule has 3 aliphatic rings. The average Bonchev–Trinajstić information content (AvgIpc) is 3.13. The van der Waals surface area contributed by atoms with E-state index in [-0.39, 0.29) is 35.1 Å². The van der Waals surface area contributed by atoms with E-state index in [0.29, 0.717) is 35.7 Å². The van der Waals surface area contributed by atoms with Gasteiger partial charge in [-0.15, -0.1) is 0 Å². The summed E-state index contributed by atoms with van der Waals surface area (Å²) < 4.78 is 0. The van der Waals surface area contributed by atoms with E-state index < -0.39 is 5.91 Å². The molecule has 36 heavy (non-hydrogen) atoms. The van der Waals surface area contributed by atoms with Crippen molar-refractivity contribution in [3.8, 4) is 0 Å². The molecule has 2 heterocycles. The Bertz CT molecular complexity index is 1260. The predicted molar refractivity (Wildman–Crippen MR) is 138 cm³/mol. The molecule has 0 unspecified atom stereocenters. The summed E-state index contributed by atoms with van der Waals surface area (Å²) in [5, 5.41) is 2.86. The zero-order valence-corrected chi connectivity index (χ0v) is 20.7. The summed E-state index contributed by atoms with van der Waals surface area (Å²) in [6.45, 7) is 5.64. The smallest absolute Gasteiger partial charge is 0.257 e. The molecule has 7 nitrogen and oxygen atoms in total. The van der Waals surface area contributed by atoms with E-state index in [1.54, 1.807) is 48.5 Å². The Morgan fingerprint density at radius 1 is 0.944 bits per heavy atom. The Labute approximate surface area is 211 Å². The van der Waals surface area contributed by atoms with Crippen molar-refractivity contribution in [1.29, 1.82) is 0 Å². The number of para-hydroxylation sites is 1. The molecule has 0 bridgehead atoms. The Morgan fingerprint density at radius 2 is 1.67 bits per heavy atom. The Morgan fingerprint density at radius 3 is 2.44 bits per heavy atom. The fourth-order valence-electron chi connectivity index (χ4n) is 5.46. The van der Waals surface area contributed by atoms with E-state index >= 15 is 0 Å². The van der Waals surface area contributed by atoms with Gasteiger partial charge in [-0.2, -0.15) is 0 Å². The maximum atomic E-state index is 13.3. The third-order valence-electron chi connectivity index (χ3n) is 7.65. The Balaban J connectivity index is 1.35. The van der Waals surface area contributed by atoms with Gasteiger partial charge in [0.25, 0.3) is 11.8 Å². The first-order chi connectivity index (χ1) is 17.3. The number of benzene rings is 2. The normalized spacial score (nSPS) is 22.3. The minimum atomic E-state index is -0.438. The van der Waals surface area contributed by atoms with E-state index in [4.69, 9.17) is 0 Å². The van der Waals surface area contributed by atoms with E-state index in [1.807, 2.05) is 17.9 Å². The predicted octanol–water partition coefficient (Wildman–Crippen LogP) is 4.66. The van der Waals surface area contributed by atoms with Crippen LogP contribution >= 0.6 is 0 Å². The molecule has 2 atom stereocenters. The standard InChI is InChI=1S/C29H31N3O4/c1-18-12-14-31(15-13-18)27(34)20-6-5-7-21(17-20)30-26(33)23-8-3-4-9-25(23)32-28(35)22-11-10-19(2)16-24(22)29(32)36/h3-10,17-18,22,24H,11-16H2,1-2H3,(H,30,33)/t22-,24-/m1/s1. The second kappa shape index (κ2) is 9.72. The van der Waals surface area contributed by atoms with Crippen molar-refractivity contribution in [2.24, 2.45) is 17.8 Å². The van der Waals surface area contributed by atoms with Gasteiger partial charge in [-0.3, -0.25) is 19.2 Å². The molecule has 1 N–H and O–H groups in total. The van der Waals surface area contributed by atoms with Crippen molar-refractivity contribution in [2.45, 2.75) is 39.5 Å². The van der Waals surface area contributed by atoms with Crippen LogP contribution in [0.3, 0.4) is 0 Å². The summed E-state index contributed by atoms with van der Waals surface area (Å²) in [5.74, 6) is -1.11. The van der Waals surface area contributed by atoms with Crippen molar-refractivity contribution in [2.75, 3.05) is 23.3 Å². The van der Waals surface area contributed by atoms with Crippen LogP contribution in [-0.2, 0) is 9.59 Å². The van der Waals surface area contributed by atoms with Gasteiger partial charge in [-0.05, 0) is 68.9 Å². The molecule has 4 amide bonds. The number of hydrogen-bond acceptors (Lipinski definition) is 4. The first-order valence-corrected chi connectivity index (χ1v) is 12.7. The molecule has 0 aromatic heterocycles. The third kappa shape index (κ3) is 4.45. The molecule has 0 radical (unpaired) electrons. The van der Waals surface area contributed by atoms with Gasteiger partial charge in [0.1, 0.15) is 0 Å². The highest BCUT2D eigenvalue weighted by molar-refractivity contribution is 6.25. The molecule has 0 saturated carbocycles. The van der Waals surface area contributed by atoms with E-state index in [1.165, 1.54) is 4.90 Å². The van der Waals surface area contributed by atoms with Gasteiger partial charge in [-0.25, -0.2) is 4.90 Å². The number of hydrogen-bond donors (Lipinski definition) is 1. The summed E-state index contributed by atoms with van der Waals surface area (Å²) in [5.41, 5.74) is 2.65. The van der Waals surface area contributed by atoms with Crippen molar-refractivity contribution in [3.63, 3.8) is 0 Å². The summed E-state index contributed by atoms with van der Waals surface area (Å²) in [4.78, 5) is 55.8. The number of imide groups is 1. The molecule has 7 heteroatoms. The molecule has 186 valence electrons. The second-order valence-corrected chi connectivity index (χ2v) is 10.2. The van der Waals surface area contributed by atoms with Gasteiger partial charge in [0.2, 0.25) is 11.8 Å². The number of fused-ring (bicyclic) bond motifs is 1. The van der Waals surface area contributed by atoms with Gasteiger partial charge in [-0.1, -0.05) is 36.8 Å². The molecule has 2 aromatic rings. The highest BCUT2D eigenvalue weighted by Crippen LogP contribution is 2.40. The van der Waals surface area contributed by atoms with Gasteiger partial charge >= 0.3 is 0 Å². The van der Waals surface area contributed by atoms with Gasteiger partial charge in [0, 0.05) is 24.3 Å². The summed E-state index contributed by atoms with van der Waals surface area (Å²) >= 11 is 0. The lowest BCUT2D eigenvalue weighted by atomic mass is 9.82. The minimum absolute atomic E-state index is 0.0434. The Kier molecular flexibility index (Phi) is 6.48. The number of rotatable bonds is 4.